The first-order valence-electron chi connectivity index (χ1n) is 5.88. The van der Waals surface area contributed by atoms with Crippen LogP contribution in [0.15, 0.2) is 15.8 Å². The summed E-state index contributed by atoms with van der Waals surface area (Å²) in [7, 11) is 0. The number of thiophene rings is 1. The molecule has 0 aliphatic rings. The predicted molar refractivity (Wildman–Crippen MR) is 80.6 cm³/mol. The molecular formula is C12H17N3S3. The highest BCUT2D eigenvalue weighted by Crippen LogP contribution is 2.42. The topological polar surface area (TPSA) is 51.8 Å². The molecule has 3 nitrogen and oxygen atoms in total. The minimum Gasteiger partial charge on any atom is -0.326 e. The van der Waals surface area contributed by atoms with Crippen molar-refractivity contribution in [1.29, 1.82) is 0 Å². The minimum atomic E-state index is 0.150. The zero-order valence-corrected chi connectivity index (χ0v) is 13.2. The summed E-state index contributed by atoms with van der Waals surface area (Å²) < 4.78 is 5.24. The second-order valence-electron chi connectivity index (χ2n) is 4.19. The van der Waals surface area contributed by atoms with Crippen LogP contribution in [0.2, 0.25) is 0 Å². The van der Waals surface area contributed by atoms with Gasteiger partial charge in [0, 0.05) is 10.9 Å². The van der Waals surface area contributed by atoms with Gasteiger partial charge in [0.2, 0.25) is 0 Å². The average Bonchev–Trinajstić information content (AvgIpc) is 2.94. The van der Waals surface area contributed by atoms with Gasteiger partial charge in [0.25, 0.3) is 0 Å². The summed E-state index contributed by atoms with van der Waals surface area (Å²) in [4.78, 5) is 5.79. The third-order valence-corrected chi connectivity index (χ3v) is 6.26. The molecule has 0 amide bonds. The smallest absolute Gasteiger partial charge is 0.170 e. The monoisotopic (exact) mass is 299 g/mol. The summed E-state index contributed by atoms with van der Waals surface area (Å²) in [5.74, 6) is 0.842. The lowest BCUT2D eigenvalue weighted by Gasteiger charge is -2.21. The van der Waals surface area contributed by atoms with Crippen LogP contribution in [-0.4, -0.2) is 15.4 Å². The molecule has 2 N–H and O–H groups in total. The molecular weight excluding hydrogens is 282 g/mol. The summed E-state index contributed by atoms with van der Waals surface area (Å²) in [5.41, 5.74) is 7.60. The van der Waals surface area contributed by atoms with Gasteiger partial charge in [0.05, 0.1) is 5.25 Å². The number of aryl methyl sites for hydroxylation is 2. The standard InChI is InChI=1S/C12H17N3S3/c1-4-9(13)11(10-7(2)5-6-16-10)17-12-14-8(3)15-18-12/h5-6,9,11H,4,13H2,1-3H3. The molecule has 2 aromatic rings. The Morgan fingerprint density at radius 2 is 2.22 bits per heavy atom. The molecule has 2 atom stereocenters. The van der Waals surface area contributed by atoms with Gasteiger partial charge in [-0.2, -0.15) is 4.37 Å². The van der Waals surface area contributed by atoms with E-state index < -0.39 is 0 Å². The predicted octanol–water partition coefficient (Wildman–Crippen LogP) is 3.79. The Bertz CT molecular complexity index is 506. The van der Waals surface area contributed by atoms with Gasteiger partial charge >= 0.3 is 0 Å². The third kappa shape index (κ3) is 3.12. The van der Waals surface area contributed by atoms with Gasteiger partial charge in [-0.1, -0.05) is 18.7 Å². The summed E-state index contributed by atoms with van der Waals surface area (Å²) in [6.45, 7) is 6.20. The van der Waals surface area contributed by atoms with Gasteiger partial charge in [-0.15, -0.1) is 11.3 Å². The van der Waals surface area contributed by atoms with E-state index in [1.807, 2.05) is 6.92 Å². The Labute approximate surface area is 120 Å². The van der Waals surface area contributed by atoms with Crippen molar-refractivity contribution in [3.63, 3.8) is 0 Å². The first kappa shape index (κ1) is 14.0. The lowest BCUT2D eigenvalue weighted by Crippen LogP contribution is -2.25. The van der Waals surface area contributed by atoms with E-state index in [2.05, 4.69) is 34.7 Å². The Balaban J connectivity index is 2.23. The molecule has 0 bridgehead atoms. The highest BCUT2D eigenvalue weighted by molar-refractivity contribution is 8.01. The Morgan fingerprint density at radius 1 is 1.44 bits per heavy atom. The van der Waals surface area contributed by atoms with Gasteiger partial charge in [0.1, 0.15) is 5.82 Å². The maximum absolute atomic E-state index is 6.27. The molecule has 0 fully saturated rings. The largest absolute Gasteiger partial charge is 0.326 e. The highest BCUT2D eigenvalue weighted by Gasteiger charge is 2.24. The number of nitrogens with zero attached hydrogens (tertiary/aromatic N) is 2. The van der Waals surface area contributed by atoms with Gasteiger partial charge in [-0.25, -0.2) is 4.98 Å². The quantitative estimate of drug-likeness (QED) is 0.854. The van der Waals surface area contributed by atoms with Crippen LogP contribution < -0.4 is 5.73 Å². The van der Waals surface area contributed by atoms with Crippen molar-refractivity contribution in [1.82, 2.24) is 9.36 Å². The second-order valence-corrected chi connectivity index (χ2v) is 7.27. The van der Waals surface area contributed by atoms with Gasteiger partial charge in [-0.05, 0) is 48.8 Å². The first-order valence-corrected chi connectivity index (χ1v) is 8.41. The Kier molecular flexibility index (Phi) is 4.77. The number of aromatic nitrogens is 2. The van der Waals surface area contributed by atoms with Gasteiger partial charge in [-0.3, -0.25) is 0 Å². The third-order valence-electron chi connectivity index (χ3n) is 2.76. The van der Waals surface area contributed by atoms with E-state index in [0.29, 0.717) is 0 Å². The molecule has 98 valence electrons. The molecule has 6 heteroatoms. The Hall–Kier alpha value is -0.430. The van der Waals surface area contributed by atoms with E-state index >= 15 is 0 Å². The molecule has 0 spiro atoms. The van der Waals surface area contributed by atoms with Crippen molar-refractivity contribution in [3.8, 4) is 0 Å². The van der Waals surface area contributed by atoms with Crippen molar-refractivity contribution in [2.75, 3.05) is 0 Å². The lowest BCUT2D eigenvalue weighted by atomic mass is 10.1. The fraction of sp³-hybridized carbons (Fsp3) is 0.500. The molecule has 0 aliphatic heterocycles. The van der Waals surface area contributed by atoms with Crippen LogP contribution in [0.3, 0.4) is 0 Å². The van der Waals surface area contributed by atoms with E-state index in [4.69, 9.17) is 5.73 Å². The normalized spacial score (nSPS) is 14.7. The first-order chi connectivity index (χ1) is 8.61. The maximum Gasteiger partial charge on any atom is 0.170 e. The van der Waals surface area contributed by atoms with Crippen LogP contribution in [0.5, 0.6) is 0 Å². The van der Waals surface area contributed by atoms with Crippen molar-refractivity contribution in [2.45, 2.75) is 42.8 Å². The van der Waals surface area contributed by atoms with Crippen LogP contribution >= 0.6 is 34.6 Å². The molecule has 2 unspecified atom stereocenters. The van der Waals surface area contributed by atoms with E-state index in [1.54, 1.807) is 23.1 Å². The van der Waals surface area contributed by atoms with Gasteiger partial charge < -0.3 is 5.73 Å². The zero-order valence-electron chi connectivity index (χ0n) is 10.7. The average molecular weight is 299 g/mol. The Morgan fingerprint density at radius 3 is 2.72 bits per heavy atom. The van der Waals surface area contributed by atoms with E-state index in [1.165, 1.54) is 22.0 Å². The summed E-state index contributed by atoms with van der Waals surface area (Å²) in [6.07, 6.45) is 0.965. The molecule has 0 aromatic carbocycles. The summed E-state index contributed by atoms with van der Waals surface area (Å²) >= 11 is 4.99. The number of thioether (sulfide) groups is 1. The fourth-order valence-corrected chi connectivity index (χ4v) is 5.03. The summed E-state index contributed by atoms with van der Waals surface area (Å²) in [6, 6.07) is 2.30. The molecule has 2 heterocycles. The second kappa shape index (κ2) is 6.14. The number of hydrogen-bond donors (Lipinski definition) is 1. The van der Waals surface area contributed by atoms with Crippen LogP contribution in [0.1, 0.15) is 34.9 Å². The fourth-order valence-electron chi connectivity index (χ4n) is 1.66. The number of hydrogen-bond acceptors (Lipinski definition) is 6. The van der Waals surface area contributed by atoms with Crippen molar-refractivity contribution in [2.24, 2.45) is 5.73 Å². The highest BCUT2D eigenvalue weighted by atomic mass is 32.2. The number of nitrogens with two attached hydrogens (primary N) is 1. The van der Waals surface area contributed by atoms with Crippen LogP contribution in [0.4, 0.5) is 0 Å². The van der Waals surface area contributed by atoms with Crippen LogP contribution in [-0.2, 0) is 0 Å². The van der Waals surface area contributed by atoms with Gasteiger partial charge in [0.15, 0.2) is 4.34 Å². The molecule has 18 heavy (non-hydrogen) atoms. The molecule has 0 saturated carbocycles. The molecule has 0 saturated heterocycles. The lowest BCUT2D eigenvalue weighted by molar-refractivity contribution is 0.638. The van der Waals surface area contributed by atoms with Crippen LogP contribution in [0.25, 0.3) is 0 Å². The van der Waals surface area contributed by atoms with E-state index in [9.17, 15) is 0 Å². The maximum atomic E-state index is 6.27. The van der Waals surface area contributed by atoms with Crippen molar-refractivity contribution >= 4 is 34.6 Å². The van der Waals surface area contributed by atoms with E-state index in [-0.39, 0.29) is 11.3 Å². The summed E-state index contributed by atoms with van der Waals surface area (Å²) in [5, 5.41) is 2.41. The zero-order chi connectivity index (χ0) is 13.1. The minimum absolute atomic E-state index is 0.150. The number of rotatable bonds is 5. The molecule has 0 radical (unpaired) electrons. The SMILES string of the molecule is CCC(N)C(Sc1nc(C)ns1)c1sccc1C. The molecule has 2 aromatic heterocycles. The molecule has 2 rings (SSSR count). The van der Waals surface area contributed by atoms with Crippen molar-refractivity contribution < 1.29 is 0 Å². The molecule has 0 aliphatic carbocycles. The van der Waals surface area contributed by atoms with Crippen LogP contribution in [0, 0.1) is 13.8 Å². The van der Waals surface area contributed by atoms with Crippen molar-refractivity contribution in [3.05, 3.63) is 27.7 Å². The van der Waals surface area contributed by atoms with E-state index in [0.717, 1.165) is 16.6 Å².